The van der Waals surface area contributed by atoms with Crippen molar-refractivity contribution in [1.82, 2.24) is 10.0 Å². The molecule has 0 N–H and O–H groups in total. The van der Waals surface area contributed by atoms with Crippen LogP contribution in [0.4, 0.5) is 4.48 Å². The monoisotopic (exact) mass is 333 g/mol. The highest BCUT2D eigenvalue weighted by molar-refractivity contribution is 5.77. The van der Waals surface area contributed by atoms with Crippen molar-refractivity contribution in [3.8, 4) is 0 Å². The van der Waals surface area contributed by atoms with Crippen molar-refractivity contribution in [1.29, 1.82) is 0 Å². The minimum Gasteiger partial charge on any atom is -0.633 e. The van der Waals surface area contributed by atoms with Gasteiger partial charge in [-0.2, -0.15) is 5.12 Å². The first-order chi connectivity index (χ1) is 10.7. The Morgan fingerprint density at radius 1 is 1.09 bits per heavy atom. The van der Waals surface area contributed by atoms with E-state index in [1.807, 2.05) is 0 Å². The molecule has 0 rings (SSSR count). The zero-order valence-electron chi connectivity index (χ0n) is 15.7. The van der Waals surface area contributed by atoms with Crippen molar-refractivity contribution in [3.63, 3.8) is 0 Å². The Morgan fingerprint density at radius 2 is 1.61 bits per heavy atom. The normalized spacial score (nSPS) is 13.4. The molecule has 0 spiro atoms. The molecule has 6 heteroatoms. The molecule has 0 saturated carbocycles. The summed E-state index contributed by atoms with van der Waals surface area (Å²) in [5.74, 6) is -0.831. The van der Waals surface area contributed by atoms with Gasteiger partial charge in [0.1, 0.15) is 0 Å². The lowest BCUT2D eigenvalue weighted by Crippen LogP contribution is -2.39. The number of amides is 1. The lowest BCUT2D eigenvalue weighted by Gasteiger charge is -2.34. The lowest BCUT2D eigenvalue weighted by molar-refractivity contribution is -0.840. The van der Waals surface area contributed by atoms with Gasteiger partial charge in [-0.1, -0.05) is 38.1 Å². The number of hydrogen-bond acceptors (Lipinski definition) is 3. The summed E-state index contributed by atoms with van der Waals surface area (Å²) >= 11 is 0. The smallest absolute Gasteiger partial charge is 0.254 e. The molecule has 0 aromatic rings. The third-order valence-corrected chi connectivity index (χ3v) is 3.90. The quantitative estimate of drug-likeness (QED) is 0.295. The second kappa shape index (κ2) is 11.8. The highest BCUT2D eigenvalue weighted by Crippen LogP contribution is 2.10. The van der Waals surface area contributed by atoms with Crippen LogP contribution in [0.1, 0.15) is 52.9 Å². The van der Waals surface area contributed by atoms with Crippen LogP contribution in [-0.2, 0) is 4.79 Å². The Kier molecular flexibility index (Phi) is 11.4. The van der Waals surface area contributed by atoms with E-state index in [4.69, 9.17) is 0 Å². The average molecular weight is 333 g/mol. The summed E-state index contributed by atoms with van der Waals surface area (Å²) in [5.41, 5.74) is 0. The van der Waals surface area contributed by atoms with Gasteiger partial charge in [0.25, 0.3) is 5.91 Å². The predicted octanol–water partition coefficient (Wildman–Crippen LogP) is 3.20. The van der Waals surface area contributed by atoms with E-state index < -0.39 is 10.6 Å². The van der Waals surface area contributed by atoms with Crippen LogP contribution in [-0.4, -0.2) is 67.4 Å². The zero-order valence-corrected chi connectivity index (χ0v) is 15.7. The summed E-state index contributed by atoms with van der Waals surface area (Å²) in [6, 6.07) is 0. The SMILES string of the molecule is CCCCN(CCCC)CC(C)C(=O)N(F)CCC[N+](C)(C)[O-]. The van der Waals surface area contributed by atoms with E-state index in [9.17, 15) is 14.5 Å². The molecule has 0 saturated heterocycles. The van der Waals surface area contributed by atoms with Gasteiger partial charge in [0.05, 0.1) is 33.1 Å². The van der Waals surface area contributed by atoms with Crippen molar-refractivity contribution < 1.29 is 13.9 Å². The Bertz CT molecular complexity index is 313. The van der Waals surface area contributed by atoms with Crippen LogP contribution >= 0.6 is 0 Å². The maximum Gasteiger partial charge on any atom is 0.254 e. The summed E-state index contributed by atoms with van der Waals surface area (Å²) in [6.45, 7) is 8.90. The lowest BCUT2D eigenvalue weighted by atomic mass is 10.1. The van der Waals surface area contributed by atoms with E-state index in [0.717, 1.165) is 38.8 Å². The molecule has 0 bridgehead atoms. The van der Waals surface area contributed by atoms with Crippen molar-refractivity contribution in [3.05, 3.63) is 5.21 Å². The molecule has 1 amide bonds. The van der Waals surface area contributed by atoms with Gasteiger partial charge in [-0.25, -0.2) is 0 Å². The molecule has 138 valence electrons. The number of quaternary nitrogens is 1. The average Bonchev–Trinajstić information content (AvgIpc) is 2.47. The molecular weight excluding hydrogens is 297 g/mol. The maximum absolute atomic E-state index is 13.9. The third kappa shape index (κ3) is 11.5. The van der Waals surface area contributed by atoms with E-state index in [2.05, 4.69) is 18.7 Å². The van der Waals surface area contributed by atoms with Crippen LogP contribution in [0.25, 0.3) is 0 Å². The van der Waals surface area contributed by atoms with Gasteiger partial charge in [0, 0.05) is 13.0 Å². The van der Waals surface area contributed by atoms with Gasteiger partial charge in [0.15, 0.2) is 0 Å². The molecule has 0 aromatic carbocycles. The number of carbonyl (C=O) groups excluding carboxylic acids is 1. The van der Waals surface area contributed by atoms with Gasteiger partial charge in [0.2, 0.25) is 0 Å². The Balaban J connectivity index is 4.30. The van der Waals surface area contributed by atoms with Crippen molar-refractivity contribution >= 4 is 5.91 Å². The number of unbranched alkanes of at least 4 members (excludes halogenated alkanes) is 2. The highest BCUT2D eigenvalue weighted by Gasteiger charge is 2.23. The number of hydrogen-bond donors (Lipinski definition) is 0. The van der Waals surface area contributed by atoms with Gasteiger partial charge < -0.3 is 14.8 Å². The fourth-order valence-electron chi connectivity index (χ4n) is 2.46. The fraction of sp³-hybridized carbons (Fsp3) is 0.941. The molecule has 0 aromatic heterocycles. The van der Waals surface area contributed by atoms with Crippen LogP contribution in [0.2, 0.25) is 0 Å². The molecule has 0 fully saturated rings. The molecule has 0 heterocycles. The Labute approximate surface area is 141 Å². The first-order valence-corrected chi connectivity index (χ1v) is 8.94. The minimum atomic E-state index is -0.473. The van der Waals surface area contributed by atoms with Crippen LogP contribution in [0.3, 0.4) is 0 Å². The molecule has 0 radical (unpaired) electrons. The van der Waals surface area contributed by atoms with E-state index in [-0.39, 0.29) is 17.6 Å². The number of halogens is 1. The van der Waals surface area contributed by atoms with Crippen molar-refractivity contribution in [2.45, 2.75) is 52.9 Å². The van der Waals surface area contributed by atoms with E-state index in [1.54, 1.807) is 6.92 Å². The van der Waals surface area contributed by atoms with Crippen molar-refractivity contribution in [2.24, 2.45) is 5.92 Å². The standard InChI is InChI=1S/C17H36FN3O2/c1-6-8-11-19(12-9-7-2)15-16(3)17(22)20(18)13-10-14-21(4,5)23/h16H,6-15H2,1-5H3. The highest BCUT2D eigenvalue weighted by atomic mass is 19.2. The summed E-state index contributed by atoms with van der Waals surface area (Å²) in [6.07, 6.45) is 4.80. The molecule has 23 heavy (non-hydrogen) atoms. The fourth-order valence-corrected chi connectivity index (χ4v) is 2.46. The molecule has 1 unspecified atom stereocenters. The molecular formula is C17H36FN3O2. The largest absolute Gasteiger partial charge is 0.633 e. The first-order valence-electron chi connectivity index (χ1n) is 8.94. The van der Waals surface area contributed by atoms with E-state index in [0.29, 0.717) is 19.5 Å². The van der Waals surface area contributed by atoms with Crippen LogP contribution < -0.4 is 0 Å². The molecule has 0 aliphatic carbocycles. The van der Waals surface area contributed by atoms with E-state index >= 15 is 0 Å². The summed E-state index contributed by atoms with van der Waals surface area (Å²) in [7, 11) is 3.04. The zero-order chi connectivity index (χ0) is 17.9. The number of carbonyl (C=O) groups is 1. The first kappa shape index (κ1) is 22.3. The number of rotatable bonds is 13. The molecule has 1 atom stereocenters. The molecule has 5 nitrogen and oxygen atoms in total. The predicted molar refractivity (Wildman–Crippen MR) is 93.2 cm³/mol. The third-order valence-electron chi connectivity index (χ3n) is 3.90. The topological polar surface area (TPSA) is 46.6 Å². The van der Waals surface area contributed by atoms with Gasteiger partial charge in [-0.15, -0.1) is 0 Å². The van der Waals surface area contributed by atoms with Crippen LogP contribution in [0, 0.1) is 11.1 Å². The summed E-state index contributed by atoms with van der Waals surface area (Å²) < 4.78 is 13.5. The second-order valence-corrected chi connectivity index (χ2v) is 6.98. The Morgan fingerprint density at radius 3 is 2.04 bits per heavy atom. The second-order valence-electron chi connectivity index (χ2n) is 6.98. The maximum atomic E-state index is 13.9. The van der Waals surface area contributed by atoms with Crippen molar-refractivity contribution in [2.75, 3.05) is 46.8 Å². The summed E-state index contributed by atoms with van der Waals surface area (Å²) in [5, 5.41) is 11.7. The molecule has 0 aliphatic rings. The molecule has 0 aliphatic heterocycles. The van der Waals surface area contributed by atoms with Gasteiger partial charge in [-0.05, 0) is 25.9 Å². The van der Waals surface area contributed by atoms with Gasteiger partial charge >= 0.3 is 0 Å². The minimum absolute atomic E-state index is 0.00296. The summed E-state index contributed by atoms with van der Waals surface area (Å²) in [4.78, 5) is 14.4. The Hall–Kier alpha value is -0.720. The number of nitrogens with zero attached hydrogens (tertiary/aromatic N) is 3. The van der Waals surface area contributed by atoms with Gasteiger partial charge in [-0.3, -0.25) is 4.79 Å². The van der Waals surface area contributed by atoms with Crippen LogP contribution in [0.15, 0.2) is 0 Å². The van der Waals surface area contributed by atoms with E-state index in [1.165, 1.54) is 14.1 Å². The number of hydroxylamine groups is 3. The van der Waals surface area contributed by atoms with Crippen LogP contribution in [0.5, 0.6) is 0 Å².